The van der Waals surface area contributed by atoms with Gasteiger partial charge in [0.2, 0.25) is 10.0 Å². The summed E-state index contributed by atoms with van der Waals surface area (Å²) in [6.07, 6.45) is 0. The van der Waals surface area contributed by atoms with Crippen LogP contribution in [0.2, 0.25) is 0 Å². The zero-order valence-electron chi connectivity index (χ0n) is 13.9. The number of hydrogen-bond acceptors (Lipinski definition) is 3. The molecular formula is C17H19FN2O3S. The molecule has 128 valence electrons. The van der Waals surface area contributed by atoms with E-state index in [1.54, 1.807) is 26.8 Å². The lowest BCUT2D eigenvalue weighted by atomic mass is 10.1. The van der Waals surface area contributed by atoms with Crippen LogP contribution in [0.15, 0.2) is 35.2 Å². The number of sulfonamides is 1. The molecular weight excluding hydrogens is 331 g/mol. The van der Waals surface area contributed by atoms with Gasteiger partial charge in [-0.05, 0) is 74.8 Å². The SMILES string of the molecule is CNS(=O)(=O)c1cc(C(=O)Nc2ccc(F)cc2C)cc(C)c1C. The summed E-state index contributed by atoms with van der Waals surface area (Å²) in [4.78, 5) is 12.5. The lowest BCUT2D eigenvalue weighted by Crippen LogP contribution is -2.21. The van der Waals surface area contributed by atoms with Crippen LogP contribution in [0.3, 0.4) is 0 Å². The molecule has 0 spiro atoms. The largest absolute Gasteiger partial charge is 0.322 e. The maximum absolute atomic E-state index is 13.1. The van der Waals surface area contributed by atoms with E-state index in [0.717, 1.165) is 0 Å². The van der Waals surface area contributed by atoms with Gasteiger partial charge in [-0.2, -0.15) is 0 Å². The van der Waals surface area contributed by atoms with Crippen LogP contribution in [0, 0.1) is 26.6 Å². The van der Waals surface area contributed by atoms with E-state index in [-0.39, 0.29) is 16.3 Å². The summed E-state index contributed by atoms with van der Waals surface area (Å²) in [5, 5.41) is 2.68. The van der Waals surface area contributed by atoms with Crippen molar-refractivity contribution in [1.29, 1.82) is 0 Å². The van der Waals surface area contributed by atoms with Gasteiger partial charge in [0.05, 0.1) is 4.90 Å². The Kier molecular flexibility index (Phi) is 5.05. The first-order valence-corrected chi connectivity index (χ1v) is 8.76. The second-order valence-corrected chi connectivity index (χ2v) is 7.39. The Bertz CT molecular complexity index is 908. The number of anilines is 1. The summed E-state index contributed by atoms with van der Waals surface area (Å²) in [5.74, 6) is -0.848. The minimum absolute atomic E-state index is 0.0611. The number of halogens is 1. The van der Waals surface area contributed by atoms with E-state index >= 15 is 0 Å². The van der Waals surface area contributed by atoms with E-state index in [4.69, 9.17) is 0 Å². The first-order valence-electron chi connectivity index (χ1n) is 7.28. The number of carbonyl (C=O) groups is 1. The monoisotopic (exact) mass is 350 g/mol. The van der Waals surface area contributed by atoms with Gasteiger partial charge in [-0.3, -0.25) is 4.79 Å². The van der Waals surface area contributed by atoms with E-state index in [1.807, 2.05) is 0 Å². The Morgan fingerprint density at radius 3 is 2.29 bits per heavy atom. The highest BCUT2D eigenvalue weighted by Gasteiger charge is 2.19. The molecule has 0 bridgehead atoms. The molecule has 0 fully saturated rings. The standard InChI is InChI=1S/C17H19FN2O3S/c1-10-7-13(9-16(12(10)3)24(22,23)19-4)17(21)20-15-6-5-14(18)8-11(15)2/h5-9,19H,1-4H3,(H,20,21). The number of nitrogens with one attached hydrogen (secondary N) is 2. The summed E-state index contributed by atoms with van der Waals surface area (Å²) in [5.41, 5.74) is 2.54. The second kappa shape index (κ2) is 6.70. The Labute approximate surface area is 141 Å². The van der Waals surface area contributed by atoms with Gasteiger partial charge in [0.25, 0.3) is 5.91 Å². The molecule has 0 heterocycles. The average Bonchev–Trinajstić information content (AvgIpc) is 2.52. The molecule has 2 N–H and O–H groups in total. The number of carbonyl (C=O) groups excluding carboxylic acids is 1. The molecule has 0 unspecified atom stereocenters. The van der Waals surface area contributed by atoms with Crippen LogP contribution in [0.1, 0.15) is 27.0 Å². The van der Waals surface area contributed by atoms with Crippen molar-refractivity contribution in [3.8, 4) is 0 Å². The molecule has 2 aromatic carbocycles. The fraction of sp³-hybridized carbons (Fsp3) is 0.235. The van der Waals surface area contributed by atoms with Crippen LogP contribution < -0.4 is 10.0 Å². The molecule has 0 radical (unpaired) electrons. The minimum Gasteiger partial charge on any atom is -0.322 e. The Morgan fingerprint density at radius 2 is 1.71 bits per heavy atom. The van der Waals surface area contributed by atoms with E-state index in [2.05, 4.69) is 10.0 Å². The first kappa shape index (κ1) is 18.1. The highest BCUT2D eigenvalue weighted by atomic mass is 32.2. The van der Waals surface area contributed by atoms with Gasteiger partial charge in [0.15, 0.2) is 0 Å². The Morgan fingerprint density at radius 1 is 1.04 bits per heavy atom. The van der Waals surface area contributed by atoms with Crippen LogP contribution >= 0.6 is 0 Å². The molecule has 24 heavy (non-hydrogen) atoms. The Balaban J connectivity index is 2.43. The molecule has 0 aliphatic heterocycles. The molecule has 2 aromatic rings. The highest BCUT2D eigenvalue weighted by molar-refractivity contribution is 7.89. The van der Waals surface area contributed by atoms with Crippen LogP contribution in [-0.2, 0) is 10.0 Å². The van der Waals surface area contributed by atoms with Crippen molar-refractivity contribution in [3.05, 3.63) is 58.4 Å². The minimum atomic E-state index is -3.67. The fourth-order valence-electron chi connectivity index (χ4n) is 2.31. The summed E-state index contributed by atoms with van der Waals surface area (Å²) < 4.78 is 39.6. The smallest absolute Gasteiger partial charge is 0.255 e. The molecule has 0 aliphatic carbocycles. The summed E-state index contributed by atoms with van der Waals surface area (Å²) in [7, 11) is -2.36. The third-order valence-electron chi connectivity index (χ3n) is 3.88. The normalized spacial score (nSPS) is 11.4. The molecule has 5 nitrogen and oxygen atoms in total. The lowest BCUT2D eigenvalue weighted by Gasteiger charge is -2.13. The number of hydrogen-bond donors (Lipinski definition) is 2. The van der Waals surface area contributed by atoms with Crippen LogP contribution in [0.5, 0.6) is 0 Å². The summed E-state index contributed by atoms with van der Waals surface area (Å²) in [6.45, 7) is 5.10. The van der Waals surface area contributed by atoms with E-state index < -0.39 is 15.9 Å². The van der Waals surface area contributed by atoms with Crippen LogP contribution in [0.25, 0.3) is 0 Å². The van der Waals surface area contributed by atoms with Gasteiger partial charge in [0, 0.05) is 11.3 Å². The van der Waals surface area contributed by atoms with Crippen molar-refractivity contribution in [2.24, 2.45) is 0 Å². The van der Waals surface area contributed by atoms with Crippen molar-refractivity contribution >= 4 is 21.6 Å². The van der Waals surface area contributed by atoms with Gasteiger partial charge in [0.1, 0.15) is 5.82 Å². The topological polar surface area (TPSA) is 75.3 Å². The van der Waals surface area contributed by atoms with E-state index in [9.17, 15) is 17.6 Å². The molecule has 2 rings (SSSR count). The van der Waals surface area contributed by atoms with Crippen molar-refractivity contribution in [2.45, 2.75) is 25.7 Å². The zero-order chi connectivity index (χ0) is 18.1. The molecule has 0 atom stereocenters. The third-order valence-corrected chi connectivity index (χ3v) is 5.42. The van der Waals surface area contributed by atoms with Crippen molar-refractivity contribution in [1.82, 2.24) is 4.72 Å². The predicted molar refractivity (Wildman–Crippen MR) is 91.3 cm³/mol. The van der Waals surface area contributed by atoms with Gasteiger partial charge in [-0.25, -0.2) is 17.5 Å². The van der Waals surface area contributed by atoms with Gasteiger partial charge < -0.3 is 5.32 Å². The van der Waals surface area contributed by atoms with Crippen LogP contribution in [-0.4, -0.2) is 21.4 Å². The first-order chi connectivity index (χ1) is 11.2. The summed E-state index contributed by atoms with van der Waals surface area (Å²) in [6, 6.07) is 6.99. The van der Waals surface area contributed by atoms with Crippen LogP contribution in [0.4, 0.5) is 10.1 Å². The number of amides is 1. The quantitative estimate of drug-likeness (QED) is 0.890. The number of aryl methyl sites for hydroxylation is 2. The molecule has 7 heteroatoms. The maximum atomic E-state index is 13.1. The average molecular weight is 350 g/mol. The second-order valence-electron chi connectivity index (χ2n) is 5.54. The van der Waals surface area contributed by atoms with E-state index in [1.165, 1.54) is 31.3 Å². The fourth-order valence-corrected chi connectivity index (χ4v) is 3.38. The van der Waals surface area contributed by atoms with Gasteiger partial charge in [-0.15, -0.1) is 0 Å². The lowest BCUT2D eigenvalue weighted by molar-refractivity contribution is 0.102. The molecule has 0 aliphatic rings. The van der Waals surface area contributed by atoms with Gasteiger partial charge >= 0.3 is 0 Å². The third kappa shape index (κ3) is 3.63. The molecule has 1 amide bonds. The number of benzene rings is 2. The number of rotatable bonds is 4. The molecule has 0 saturated heterocycles. The predicted octanol–water partition coefficient (Wildman–Crippen LogP) is 2.91. The highest BCUT2D eigenvalue weighted by Crippen LogP contribution is 2.22. The molecule has 0 saturated carbocycles. The maximum Gasteiger partial charge on any atom is 0.255 e. The van der Waals surface area contributed by atoms with Crippen molar-refractivity contribution < 1.29 is 17.6 Å². The summed E-state index contributed by atoms with van der Waals surface area (Å²) >= 11 is 0. The zero-order valence-corrected chi connectivity index (χ0v) is 14.7. The van der Waals surface area contributed by atoms with Crippen molar-refractivity contribution in [3.63, 3.8) is 0 Å². The van der Waals surface area contributed by atoms with Crippen molar-refractivity contribution in [2.75, 3.05) is 12.4 Å². The van der Waals surface area contributed by atoms with Gasteiger partial charge in [-0.1, -0.05) is 0 Å². The van der Waals surface area contributed by atoms with E-state index in [0.29, 0.717) is 22.4 Å². The Hall–Kier alpha value is -2.25. The molecule has 0 aromatic heterocycles.